The number of nitrogens with zero attached hydrogens (tertiary/aromatic N) is 3. The topological polar surface area (TPSA) is 66.3 Å². The molecule has 3 rings (SSSR count). The minimum Gasteiger partial charge on any atom is -0.476 e. The Bertz CT molecular complexity index is 575. The van der Waals surface area contributed by atoms with E-state index in [1.165, 1.54) is 11.8 Å². The molecule has 0 unspecified atom stereocenters. The van der Waals surface area contributed by atoms with E-state index in [2.05, 4.69) is 31.7 Å². The van der Waals surface area contributed by atoms with E-state index in [9.17, 15) is 4.79 Å². The van der Waals surface area contributed by atoms with Crippen LogP contribution in [-0.4, -0.2) is 34.1 Å². The fourth-order valence-corrected chi connectivity index (χ4v) is 3.29. The fourth-order valence-electron chi connectivity index (χ4n) is 2.54. The van der Waals surface area contributed by atoms with E-state index in [4.69, 9.17) is 5.11 Å². The van der Waals surface area contributed by atoms with Gasteiger partial charge in [0.1, 0.15) is 5.82 Å². The molecule has 0 aromatic carbocycles. The lowest BCUT2D eigenvalue weighted by Crippen LogP contribution is -2.33. The Labute approximate surface area is 120 Å². The number of carboxylic acid groups (broad SMARTS) is 1. The van der Waals surface area contributed by atoms with Gasteiger partial charge in [-0.05, 0) is 41.1 Å². The molecular weight excluding hydrogens is 274 g/mol. The van der Waals surface area contributed by atoms with E-state index >= 15 is 0 Å². The first-order chi connectivity index (χ1) is 9.74. The molecule has 2 aromatic heterocycles. The van der Waals surface area contributed by atoms with Gasteiger partial charge in [-0.3, -0.25) is 0 Å². The second kappa shape index (κ2) is 5.58. The molecule has 0 aliphatic carbocycles. The van der Waals surface area contributed by atoms with Crippen molar-refractivity contribution >= 4 is 23.1 Å². The highest BCUT2D eigenvalue weighted by molar-refractivity contribution is 7.07. The maximum Gasteiger partial charge on any atom is 0.356 e. The number of piperidine rings is 1. The Balaban J connectivity index is 1.64. The van der Waals surface area contributed by atoms with Gasteiger partial charge in [0.25, 0.3) is 0 Å². The summed E-state index contributed by atoms with van der Waals surface area (Å²) in [4.78, 5) is 21.0. The van der Waals surface area contributed by atoms with E-state index in [1.807, 2.05) is 0 Å². The van der Waals surface area contributed by atoms with Crippen molar-refractivity contribution in [2.45, 2.75) is 18.8 Å². The van der Waals surface area contributed by atoms with Gasteiger partial charge in [-0.1, -0.05) is 0 Å². The van der Waals surface area contributed by atoms with Crippen LogP contribution in [0.2, 0.25) is 0 Å². The quantitative estimate of drug-likeness (QED) is 0.941. The first-order valence-electron chi connectivity index (χ1n) is 6.56. The van der Waals surface area contributed by atoms with Gasteiger partial charge >= 0.3 is 5.97 Å². The smallest absolute Gasteiger partial charge is 0.356 e. The molecular formula is C14H15N3O2S. The van der Waals surface area contributed by atoms with E-state index in [0.29, 0.717) is 5.92 Å². The van der Waals surface area contributed by atoms with Crippen LogP contribution in [0, 0.1) is 0 Å². The van der Waals surface area contributed by atoms with Gasteiger partial charge in [0.15, 0.2) is 5.69 Å². The van der Waals surface area contributed by atoms with Crippen molar-refractivity contribution in [3.8, 4) is 0 Å². The predicted molar refractivity (Wildman–Crippen MR) is 77.5 cm³/mol. The van der Waals surface area contributed by atoms with Crippen LogP contribution in [0.3, 0.4) is 0 Å². The van der Waals surface area contributed by atoms with Crippen LogP contribution in [0.1, 0.15) is 34.8 Å². The standard InChI is InChI=1S/C14H15N3O2S/c18-14(19)12-7-16-13(8-15-12)17-4-1-10(2-5-17)11-3-6-20-9-11/h3,6-10H,1-2,4-5H2,(H,18,19). The average Bonchev–Trinajstić information content (AvgIpc) is 3.02. The van der Waals surface area contributed by atoms with Crippen LogP contribution < -0.4 is 4.90 Å². The van der Waals surface area contributed by atoms with Crippen LogP contribution in [0.5, 0.6) is 0 Å². The number of aromatic nitrogens is 2. The second-order valence-electron chi connectivity index (χ2n) is 4.88. The van der Waals surface area contributed by atoms with E-state index in [1.54, 1.807) is 17.5 Å². The number of anilines is 1. The van der Waals surface area contributed by atoms with Crippen molar-refractivity contribution in [1.82, 2.24) is 9.97 Å². The normalized spacial score (nSPS) is 16.3. The van der Waals surface area contributed by atoms with Crippen molar-refractivity contribution in [2.75, 3.05) is 18.0 Å². The number of aromatic carboxylic acids is 1. The summed E-state index contributed by atoms with van der Waals surface area (Å²) in [7, 11) is 0. The summed E-state index contributed by atoms with van der Waals surface area (Å²) in [5, 5.41) is 13.2. The average molecular weight is 289 g/mol. The van der Waals surface area contributed by atoms with Crippen molar-refractivity contribution in [3.63, 3.8) is 0 Å². The first kappa shape index (κ1) is 13.1. The lowest BCUT2D eigenvalue weighted by atomic mass is 9.91. The highest BCUT2D eigenvalue weighted by atomic mass is 32.1. The van der Waals surface area contributed by atoms with Gasteiger partial charge in [0.2, 0.25) is 0 Å². The van der Waals surface area contributed by atoms with Gasteiger partial charge in [-0.15, -0.1) is 0 Å². The van der Waals surface area contributed by atoms with Crippen LogP contribution >= 0.6 is 11.3 Å². The van der Waals surface area contributed by atoms with Gasteiger partial charge in [0, 0.05) is 13.1 Å². The fraction of sp³-hybridized carbons (Fsp3) is 0.357. The summed E-state index contributed by atoms with van der Waals surface area (Å²) in [6.45, 7) is 1.86. The van der Waals surface area contributed by atoms with Gasteiger partial charge in [-0.2, -0.15) is 11.3 Å². The predicted octanol–water partition coefficient (Wildman–Crippen LogP) is 2.62. The maximum atomic E-state index is 10.7. The van der Waals surface area contributed by atoms with E-state index < -0.39 is 5.97 Å². The SMILES string of the molecule is O=C(O)c1cnc(N2CCC(c3ccsc3)CC2)cn1. The Morgan fingerprint density at radius 2 is 2.10 bits per heavy atom. The minimum absolute atomic E-state index is 0.0121. The maximum absolute atomic E-state index is 10.7. The van der Waals surface area contributed by atoms with Crippen molar-refractivity contribution in [1.29, 1.82) is 0 Å². The molecule has 3 heterocycles. The molecule has 2 aromatic rings. The molecule has 0 bridgehead atoms. The number of rotatable bonds is 3. The third-order valence-electron chi connectivity index (χ3n) is 3.69. The zero-order valence-corrected chi connectivity index (χ0v) is 11.7. The number of hydrogen-bond donors (Lipinski definition) is 1. The summed E-state index contributed by atoms with van der Waals surface area (Å²) < 4.78 is 0. The Hall–Kier alpha value is -1.95. The lowest BCUT2D eigenvalue weighted by Gasteiger charge is -2.32. The zero-order valence-electron chi connectivity index (χ0n) is 10.9. The number of thiophene rings is 1. The molecule has 1 N–H and O–H groups in total. The summed E-state index contributed by atoms with van der Waals surface area (Å²) in [6.07, 6.45) is 5.06. The Kier molecular flexibility index (Phi) is 3.64. The highest BCUT2D eigenvalue weighted by Gasteiger charge is 2.22. The second-order valence-corrected chi connectivity index (χ2v) is 5.66. The third-order valence-corrected chi connectivity index (χ3v) is 4.39. The molecule has 1 fully saturated rings. The molecule has 0 radical (unpaired) electrons. The van der Waals surface area contributed by atoms with Gasteiger partial charge in [-0.25, -0.2) is 14.8 Å². The van der Waals surface area contributed by atoms with Crippen LogP contribution in [-0.2, 0) is 0 Å². The number of hydrogen-bond acceptors (Lipinski definition) is 5. The molecule has 0 atom stereocenters. The highest BCUT2D eigenvalue weighted by Crippen LogP contribution is 2.30. The lowest BCUT2D eigenvalue weighted by molar-refractivity contribution is 0.0690. The van der Waals surface area contributed by atoms with Crippen LogP contribution in [0.25, 0.3) is 0 Å². The van der Waals surface area contributed by atoms with E-state index in [-0.39, 0.29) is 5.69 Å². The first-order valence-corrected chi connectivity index (χ1v) is 7.50. The molecule has 20 heavy (non-hydrogen) atoms. The summed E-state index contributed by atoms with van der Waals surface area (Å²) in [5.41, 5.74) is 1.42. The van der Waals surface area contributed by atoms with Crippen molar-refractivity contribution < 1.29 is 9.90 Å². The van der Waals surface area contributed by atoms with Crippen molar-refractivity contribution in [3.05, 3.63) is 40.5 Å². The van der Waals surface area contributed by atoms with E-state index in [0.717, 1.165) is 31.7 Å². The van der Waals surface area contributed by atoms with Crippen molar-refractivity contribution in [2.24, 2.45) is 0 Å². The number of carboxylic acids is 1. The summed E-state index contributed by atoms with van der Waals surface area (Å²) in [5.74, 6) is 0.350. The molecule has 6 heteroatoms. The largest absolute Gasteiger partial charge is 0.476 e. The molecule has 104 valence electrons. The molecule has 0 amide bonds. The zero-order chi connectivity index (χ0) is 13.9. The van der Waals surface area contributed by atoms with Gasteiger partial charge in [0.05, 0.1) is 12.4 Å². The van der Waals surface area contributed by atoms with Crippen LogP contribution in [0.4, 0.5) is 5.82 Å². The molecule has 5 nitrogen and oxygen atoms in total. The Morgan fingerprint density at radius 1 is 1.30 bits per heavy atom. The molecule has 0 saturated carbocycles. The summed E-state index contributed by atoms with van der Waals surface area (Å²) in [6, 6.07) is 2.20. The molecule has 1 saturated heterocycles. The number of carbonyl (C=O) groups is 1. The third kappa shape index (κ3) is 2.65. The molecule has 1 aliphatic heterocycles. The summed E-state index contributed by atoms with van der Waals surface area (Å²) >= 11 is 1.74. The Morgan fingerprint density at radius 3 is 2.65 bits per heavy atom. The van der Waals surface area contributed by atoms with Gasteiger partial charge < -0.3 is 10.0 Å². The minimum atomic E-state index is -1.04. The molecule has 0 spiro atoms. The molecule has 1 aliphatic rings. The monoisotopic (exact) mass is 289 g/mol. The van der Waals surface area contributed by atoms with Crippen LogP contribution in [0.15, 0.2) is 29.2 Å².